The molecule has 0 aliphatic heterocycles. The monoisotopic (exact) mass is 443 g/mol. The first-order chi connectivity index (χ1) is 16.1. The number of oxime groups is 1. The van der Waals surface area contributed by atoms with Gasteiger partial charge < -0.3 is 14.7 Å². The number of methoxy groups -OCH3 is 1. The lowest BCUT2D eigenvalue weighted by atomic mass is 9.98. The molecule has 0 aliphatic carbocycles. The number of fused-ring (bicyclic) bond motifs is 1. The van der Waals surface area contributed by atoms with E-state index in [-0.39, 0.29) is 5.78 Å². The van der Waals surface area contributed by atoms with E-state index in [1.54, 1.807) is 31.8 Å². The van der Waals surface area contributed by atoms with Crippen LogP contribution in [0.25, 0.3) is 33.3 Å². The summed E-state index contributed by atoms with van der Waals surface area (Å²) in [5, 5.41) is 11.5. The van der Waals surface area contributed by atoms with Gasteiger partial charge in [-0.1, -0.05) is 53.7 Å². The van der Waals surface area contributed by atoms with E-state index in [2.05, 4.69) is 10.1 Å². The molecule has 4 rings (SSSR count). The molecule has 0 bridgehead atoms. The molecule has 7 nitrogen and oxygen atoms in total. The average molecular weight is 444 g/mol. The summed E-state index contributed by atoms with van der Waals surface area (Å²) in [6, 6.07) is 17.8. The molecule has 0 aliphatic rings. The van der Waals surface area contributed by atoms with Crippen LogP contribution in [0.5, 0.6) is 5.75 Å². The zero-order valence-electron chi connectivity index (χ0n) is 18.9. The predicted octanol–water partition coefficient (Wildman–Crippen LogP) is 4.76. The van der Waals surface area contributed by atoms with Crippen LogP contribution in [0.1, 0.15) is 22.8 Å². The van der Waals surface area contributed by atoms with Gasteiger partial charge in [0.1, 0.15) is 12.8 Å². The molecule has 0 saturated heterocycles. The molecule has 0 amide bonds. The van der Waals surface area contributed by atoms with Gasteiger partial charge in [-0.2, -0.15) is 0 Å². The molecule has 33 heavy (non-hydrogen) atoms. The maximum atomic E-state index is 12.4. The summed E-state index contributed by atoms with van der Waals surface area (Å²) < 4.78 is 5.63. The molecular formula is C26H25N3O4. The summed E-state index contributed by atoms with van der Waals surface area (Å²) in [5.74, 6) is 0.370. The minimum Gasteiger partial charge on any atom is -0.494 e. The van der Waals surface area contributed by atoms with Gasteiger partial charge in [-0.3, -0.25) is 9.78 Å². The molecule has 2 aromatic carbocycles. The van der Waals surface area contributed by atoms with E-state index in [0.29, 0.717) is 27.9 Å². The summed E-state index contributed by atoms with van der Waals surface area (Å²) in [5.41, 5.74) is 5.79. The van der Waals surface area contributed by atoms with E-state index >= 15 is 0 Å². The van der Waals surface area contributed by atoms with E-state index in [4.69, 9.17) is 19.7 Å². The van der Waals surface area contributed by atoms with Gasteiger partial charge in [0, 0.05) is 30.5 Å². The molecular weight excluding hydrogens is 418 g/mol. The summed E-state index contributed by atoms with van der Waals surface area (Å²) >= 11 is 0. The van der Waals surface area contributed by atoms with Crippen molar-refractivity contribution in [3.63, 3.8) is 0 Å². The number of ketones is 1. The van der Waals surface area contributed by atoms with Gasteiger partial charge in [0.05, 0.1) is 24.4 Å². The number of pyridine rings is 2. The van der Waals surface area contributed by atoms with Crippen molar-refractivity contribution in [2.75, 3.05) is 21.3 Å². The van der Waals surface area contributed by atoms with Crippen molar-refractivity contribution in [3.05, 3.63) is 78.1 Å². The van der Waals surface area contributed by atoms with Gasteiger partial charge in [0.15, 0.2) is 11.5 Å². The van der Waals surface area contributed by atoms with E-state index < -0.39 is 0 Å². The molecule has 7 heteroatoms. The van der Waals surface area contributed by atoms with Crippen LogP contribution in [0.15, 0.2) is 72.1 Å². The molecule has 0 radical (unpaired) electrons. The molecule has 0 fully saturated rings. The summed E-state index contributed by atoms with van der Waals surface area (Å²) in [7, 11) is 4.07. The summed E-state index contributed by atoms with van der Waals surface area (Å²) in [4.78, 5) is 26.0. The van der Waals surface area contributed by atoms with Crippen LogP contribution >= 0.6 is 0 Å². The number of aliphatic hydroxyl groups is 1. The Labute approximate surface area is 192 Å². The quantitative estimate of drug-likeness (QED) is 0.262. The number of hydrogen-bond acceptors (Lipinski definition) is 7. The largest absolute Gasteiger partial charge is 0.494 e. The van der Waals surface area contributed by atoms with E-state index in [9.17, 15) is 4.79 Å². The Balaban J connectivity index is 0.00000149. The Kier molecular flexibility index (Phi) is 7.83. The maximum Gasteiger partial charge on any atom is 0.164 e. The fraction of sp³-hybridized carbons (Fsp3) is 0.154. The number of aromatic nitrogens is 2. The lowest BCUT2D eigenvalue weighted by Crippen LogP contribution is -2.03. The smallest absolute Gasteiger partial charge is 0.164 e. The number of Topliss-reactive ketones (excluding diaryl/α,β-unsaturated/α-hetero) is 1. The average Bonchev–Trinajstić information content (AvgIpc) is 2.87. The van der Waals surface area contributed by atoms with Crippen LogP contribution < -0.4 is 4.74 Å². The summed E-state index contributed by atoms with van der Waals surface area (Å²) in [6.45, 7) is 1.53. The molecule has 2 aromatic heterocycles. The van der Waals surface area contributed by atoms with Crippen LogP contribution in [0.4, 0.5) is 0 Å². The highest BCUT2D eigenvalue weighted by Crippen LogP contribution is 2.36. The molecule has 1 N–H and O–H groups in total. The normalized spacial score (nSPS) is 10.6. The zero-order chi connectivity index (χ0) is 23.8. The number of rotatable bonds is 6. The van der Waals surface area contributed by atoms with E-state index in [1.807, 2.05) is 48.5 Å². The third-order valence-corrected chi connectivity index (χ3v) is 5.01. The van der Waals surface area contributed by atoms with Crippen LogP contribution in [0.2, 0.25) is 0 Å². The number of aliphatic hydroxyl groups excluding tert-OH is 1. The SMILES string of the molecule is CO.CO/N=C/c1ccc(-c2ccc(-c3nc4ccncc4c(C(C)=O)c3OC)cc2)cc1. The lowest BCUT2D eigenvalue weighted by molar-refractivity contribution is 0.101. The van der Waals surface area contributed by atoms with Crippen molar-refractivity contribution < 1.29 is 19.5 Å². The number of carbonyl (C=O) groups is 1. The predicted molar refractivity (Wildman–Crippen MR) is 130 cm³/mol. The second-order valence-electron chi connectivity index (χ2n) is 6.93. The number of hydrogen-bond donors (Lipinski definition) is 1. The minimum atomic E-state index is -0.0905. The fourth-order valence-corrected chi connectivity index (χ4v) is 3.53. The van der Waals surface area contributed by atoms with Crippen molar-refractivity contribution in [3.8, 4) is 28.1 Å². The van der Waals surface area contributed by atoms with Crippen molar-refractivity contribution in [2.24, 2.45) is 5.16 Å². The van der Waals surface area contributed by atoms with E-state index in [0.717, 1.165) is 29.4 Å². The molecule has 2 heterocycles. The Morgan fingerprint density at radius 2 is 1.55 bits per heavy atom. The van der Waals surface area contributed by atoms with Gasteiger partial charge in [-0.15, -0.1) is 0 Å². The maximum absolute atomic E-state index is 12.4. The van der Waals surface area contributed by atoms with Crippen molar-refractivity contribution >= 4 is 22.9 Å². The van der Waals surface area contributed by atoms with Gasteiger partial charge in [-0.05, 0) is 29.7 Å². The highest BCUT2D eigenvalue weighted by atomic mass is 16.6. The van der Waals surface area contributed by atoms with Gasteiger partial charge >= 0.3 is 0 Å². The Bertz CT molecular complexity index is 1270. The highest BCUT2D eigenvalue weighted by Gasteiger charge is 2.20. The Hall–Kier alpha value is -4.10. The van der Waals surface area contributed by atoms with E-state index in [1.165, 1.54) is 14.0 Å². The highest BCUT2D eigenvalue weighted by molar-refractivity contribution is 6.10. The van der Waals surface area contributed by atoms with Crippen molar-refractivity contribution in [1.82, 2.24) is 9.97 Å². The second-order valence-corrected chi connectivity index (χ2v) is 6.93. The molecule has 0 atom stereocenters. The fourth-order valence-electron chi connectivity index (χ4n) is 3.53. The molecule has 168 valence electrons. The third kappa shape index (κ3) is 5.05. The van der Waals surface area contributed by atoms with Crippen LogP contribution in [0, 0.1) is 0 Å². The molecule has 0 saturated carbocycles. The second kappa shape index (κ2) is 11.0. The Morgan fingerprint density at radius 3 is 2.12 bits per heavy atom. The standard InChI is InChI=1S/C25H21N3O3.CH4O/c1-16(29)23-21-15-26-13-12-22(21)28-24(25(23)30-2)20-10-8-19(9-11-20)18-6-4-17(5-7-18)14-27-31-3;1-2/h4-15H,1-3H3;2H,1H3/b27-14+;. The number of ether oxygens (including phenoxy) is 1. The van der Waals surface area contributed by atoms with Crippen molar-refractivity contribution in [2.45, 2.75) is 6.92 Å². The van der Waals surface area contributed by atoms with Crippen LogP contribution in [-0.4, -0.2) is 48.4 Å². The first-order valence-electron chi connectivity index (χ1n) is 10.2. The minimum absolute atomic E-state index is 0.0905. The number of benzene rings is 2. The number of nitrogens with zero attached hydrogens (tertiary/aromatic N) is 3. The van der Waals surface area contributed by atoms with Gasteiger partial charge in [0.25, 0.3) is 0 Å². The first-order valence-corrected chi connectivity index (χ1v) is 10.2. The van der Waals surface area contributed by atoms with Gasteiger partial charge in [0.2, 0.25) is 0 Å². The van der Waals surface area contributed by atoms with Crippen LogP contribution in [-0.2, 0) is 4.84 Å². The topological polar surface area (TPSA) is 93.9 Å². The van der Waals surface area contributed by atoms with Crippen molar-refractivity contribution in [1.29, 1.82) is 0 Å². The van der Waals surface area contributed by atoms with Gasteiger partial charge in [-0.25, -0.2) is 4.98 Å². The molecule has 0 unspecified atom stereocenters. The summed E-state index contributed by atoms with van der Waals surface area (Å²) in [6.07, 6.45) is 4.97. The third-order valence-electron chi connectivity index (χ3n) is 5.01. The lowest BCUT2D eigenvalue weighted by Gasteiger charge is -2.14. The van der Waals surface area contributed by atoms with Crippen LogP contribution in [0.3, 0.4) is 0 Å². The zero-order valence-corrected chi connectivity index (χ0v) is 18.9. The number of carbonyl (C=O) groups excluding carboxylic acids is 1. The Morgan fingerprint density at radius 1 is 0.939 bits per heavy atom. The molecule has 4 aromatic rings. The first kappa shape index (κ1) is 23.6. The molecule has 0 spiro atoms.